The molecular weight excluding hydrogens is 352 g/mol. The fourth-order valence-electron chi connectivity index (χ4n) is 1.98. The van der Waals surface area contributed by atoms with Gasteiger partial charge in [-0.15, -0.1) is 0 Å². The summed E-state index contributed by atoms with van der Waals surface area (Å²) < 4.78 is 0.719. The van der Waals surface area contributed by atoms with Crippen molar-refractivity contribution in [2.45, 2.75) is 26.3 Å². The standard InChI is InChI=1S/C16H16BrClN2O/c1-3-11-4-6-12(7-5-11)10(2)20-16(21)14-8-13(17)9-19-15(14)18/h4-10H,3H2,1-2H3,(H,20,21). The maximum atomic E-state index is 12.3. The van der Waals surface area contributed by atoms with E-state index in [1.54, 1.807) is 12.3 Å². The van der Waals surface area contributed by atoms with Gasteiger partial charge in [-0.05, 0) is 46.5 Å². The van der Waals surface area contributed by atoms with Crippen LogP contribution in [0, 0.1) is 0 Å². The zero-order chi connectivity index (χ0) is 15.4. The molecule has 0 aliphatic heterocycles. The molecule has 1 heterocycles. The average molecular weight is 368 g/mol. The van der Waals surface area contributed by atoms with Crippen molar-refractivity contribution in [1.82, 2.24) is 10.3 Å². The molecular formula is C16H16BrClN2O. The molecule has 0 fully saturated rings. The molecule has 0 aliphatic rings. The molecule has 21 heavy (non-hydrogen) atoms. The van der Waals surface area contributed by atoms with Crippen LogP contribution in [0.4, 0.5) is 0 Å². The largest absolute Gasteiger partial charge is 0.345 e. The summed E-state index contributed by atoms with van der Waals surface area (Å²) in [5.41, 5.74) is 2.69. The van der Waals surface area contributed by atoms with Gasteiger partial charge in [-0.3, -0.25) is 4.79 Å². The minimum atomic E-state index is -0.235. The third-order valence-electron chi connectivity index (χ3n) is 3.29. The molecule has 3 nitrogen and oxygen atoms in total. The number of halogens is 2. The number of pyridine rings is 1. The monoisotopic (exact) mass is 366 g/mol. The second-order valence-electron chi connectivity index (χ2n) is 4.78. The molecule has 1 amide bonds. The first kappa shape index (κ1) is 16.0. The summed E-state index contributed by atoms with van der Waals surface area (Å²) in [5.74, 6) is -0.235. The predicted molar refractivity (Wildman–Crippen MR) is 88.6 cm³/mol. The summed E-state index contributed by atoms with van der Waals surface area (Å²) in [5, 5.41) is 3.13. The molecule has 0 bridgehead atoms. The van der Waals surface area contributed by atoms with E-state index in [-0.39, 0.29) is 17.1 Å². The molecule has 0 aliphatic carbocycles. The molecule has 0 saturated heterocycles. The van der Waals surface area contributed by atoms with Crippen molar-refractivity contribution in [3.8, 4) is 0 Å². The predicted octanol–water partition coefficient (Wildman–Crippen LogP) is 4.55. The Hall–Kier alpha value is -1.39. The van der Waals surface area contributed by atoms with Gasteiger partial charge < -0.3 is 5.32 Å². The average Bonchev–Trinajstić information content (AvgIpc) is 2.49. The van der Waals surface area contributed by atoms with E-state index in [0.29, 0.717) is 5.56 Å². The topological polar surface area (TPSA) is 42.0 Å². The summed E-state index contributed by atoms with van der Waals surface area (Å²) in [4.78, 5) is 16.2. The third kappa shape index (κ3) is 4.05. The molecule has 0 saturated carbocycles. The lowest BCUT2D eigenvalue weighted by molar-refractivity contribution is 0.0939. The Morgan fingerprint density at radius 1 is 1.38 bits per heavy atom. The van der Waals surface area contributed by atoms with Crippen LogP contribution in [0.15, 0.2) is 41.0 Å². The van der Waals surface area contributed by atoms with Crippen LogP contribution >= 0.6 is 27.5 Å². The van der Waals surface area contributed by atoms with Crippen LogP contribution in [0.3, 0.4) is 0 Å². The Balaban J connectivity index is 2.12. The number of aromatic nitrogens is 1. The first-order valence-corrected chi connectivity index (χ1v) is 7.89. The fourth-order valence-corrected chi connectivity index (χ4v) is 2.50. The van der Waals surface area contributed by atoms with E-state index < -0.39 is 0 Å². The highest BCUT2D eigenvalue weighted by Gasteiger charge is 2.15. The molecule has 2 rings (SSSR count). The summed E-state index contributed by atoms with van der Waals surface area (Å²) in [7, 11) is 0. The Kier molecular flexibility index (Phi) is 5.37. The van der Waals surface area contributed by atoms with Crippen molar-refractivity contribution < 1.29 is 4.79 Å². The van der Waals surface area contributed by atoms with E-state index in [1.165, 1.54) is 5.56 Å². The van der Waals surface area contributed by atoms with Gasteiger partial charge in [-0.1, -0.05) is 42.8 Å². The molecule has 0 radical (unpaired) electrons. The minimum Gasteiger partial charge on any atom is -0.345 e. The molecule has 5 heteroatoms. The van der Waals surface area contributed by atoms with E-state index in [1.807, 2.05) is 19.1 Å². The minimum absolute atomic E-state index is 0.0987. The summed E-state index contributed by atoms with van der Waals surface area (Å²) >= 11 is 9.26. The molecule has 1 unspecified atom stereocenters. The lowest BCUT2D eigenvalue weighted by Crippen LogP contribution is -2.27. The Morgan fingerprint density at radius 2 is 2.05 bits per heavy atom. The number of amides is 1. The van der Waals surface area contributed by atoms with Crippen molar-refractivity contribution in [3.05, 3.63) is 62.8 Å². The third-order valence-corrected chi connectivity index (χ3v) is 4.02. The van der Waals surface area contributed by atoms with E-state index in [4.69, 9.17) is 11.6 Å². The number of nitrogens with one attached hydrogen (secondary N) is 1. The number of benzene rings is 1. The van der Waals surface area contributed by atoms with Crippen molar-refractivity contribution in [3.63, 3.8) is 0 Å². The van der Waals surface area contributed by atoms with Gasteiger partial charge in [0.15, 0.2) is 0 Å². The highest BCUT2D eigenvalue weighted by molar-refractivity contribution is 9.10. The van der Waals surface area contributed by atoms with Crippen molar-refractivity contribution >= 4 is 33.4 Å². The van der Waals surface area contributed by atoms with Crippen molar-refractivity contribution in [2.75, 3.05) is 0 Å². The number of rotatable bonds is 4. The summed E-state index contributed by atoms with van der Waals surface area (Å²) in [6.45, 7) is 4.06. The van der Waals surface area contributed by atoms with Crippen LogP contribution in [0.1, 0.15) is 41.4 Å². The Bertz CT molecular complexity index is 643. The van der Waals surface area contributed by atoms with Gasteiger partial charge in [0.05, 0.1) is 11.6 Å². The lowest BCUT2D eigenvalue weighted by atomic mass is 10.0. The Morgan fingerprint density at radius 3 is 2.67 bits per heavy atom. The SMILES string of the molecule is CCc1ccc(C(C)NC(=O)c2cc(Br)cnc2Cl)cc1. The Labute approximate surface area is 137 Å². The zero-order valence-corrected chi connectivity index (χ0v) is 14.2. The van der Waals surface area contributed by atoms with Crippen LogP contribution in [-0.2, 0) is 6.42 Å². The summed E-state index contributed by atoms with van der Waals surface area (Å²) in [6.07, 6.45) is 2.56. The molecule has 1 N–H and O–H groups in total. The van der Waals surface area contributed by atoms with Gasteiger partial charge in [0.25, 0.3) is 5.91 Å². The smallest absolute Gasteiger partial charge is 0.254 e. The van der Waals surface area contributed by atoms with Crippen LogP contribution in [0.2, 0.25) is 5.15 Å². The van der Waals surface area contributed by atoms with Crippen molar-refractivity contribution in [1.29, 1.82) is 0 Å². The maximum Gasteiger partial charge on any atom is 0.254 e. The van der Waals surface area contributed by atoms with Gasteiger partial charge >= 0.3 is 0 Å². The molecule has 1 aromatic carbocycles. The number of hydrogen-bond donors (Lipinski definition) is 1. The molecule has 1 atom stereocenters. The quantitative estimate of drug-likeness (QED) is 0.805. The van der Waals surface area contributed by atoms with Crippen LogP contribution < -0.4 is 5.32 Å². The molecule has 1 aromatic heterocycles. The number of carbonyl (C=O) groups is 1. The first-order chi connectivity index (χ1) is 10.0. The highest BCUT2D eigenvalue weighted by atomic mass is 79.9. The molecule has 0 spiro atoms. The number of nitrogens with zero attached hydrogens (tertiary/aromatic N) is 1. The van der Waals surface area contributed by atoms with Gasteiger partial charge in [0, 0.05) is 10.7 Å². The number of carbonyl (C=O) groups excluding carboxylic acids is 1. The van der Waals surface area contributed by atoms with E-state index in [0.717, 1.165) is 16.5 Å². The summed E-state index contributed by atoms with van der Waals surface area (Å²) in [6, 6.07) is 9.78. The highest BCUT2D eigenvalue weighted by Crippen LogP contribution is 2.20. The first-order valence-electron chi connectivity index (χ1n) is 6.72. The zero-order valence-electron chi connectivity index (χ0n) is 11.9. The van der Waals surface area contributed by atoms with Crippen molar-refractivity contribution in [2.24, 2.45) is 0 Å². The van der Waals surface area contributed by atoms with Gasteiger partial charge in [-0.2, -0.15) is 0 Å². The van der Waals surface area contributed by atoms with Crippen LogP contribution in [-0.4, -0.2) is 10.9 Å². The molecule has 2 aromatic rings. The van der Waals surface area contributed by atoms with Gasteiger partial charge in [0.1, 0.15) is 5.15 Å². The second kappa shape index (κ2) is 7.05. The van der Waals surface area contributed by atoms with Crippen LogP contribution in [0.5, 0.6) is 0 Å². The fraction of sp³-hybridized carbons (Fsp3) is 0.250. The van der Waals surface area contributed by atoms with Gasteiger partial charge in [-0.25, -0.2) is 4.98 Å². The molecule has 110 valence electrons. The van der Waals surface area contributed by atoms with E-state index in [2.05, 4.69) is 45.3 Å². The maximum absolute atomic E-state index is 12.3. The van der Waals surface area contributed by atoms with E-state index >= 15 is 0 Å². The van der Waals surface area contributed by atoms with Gasteiger partial charge in [0.2, 0.25) is 0 Å². The van der Waals surface area contributed by atoms with Crippen LogP contribution in [0.25, 0.3) is 0 Å². The normalized spacial score (nSPS) is 12.0. The van der Waals surface area contributed by atoms with E-state index in [9.17, 15) is 4.79 Å². The number of hydrogen-bond acceptors (Lipinski definition) is 2. The number of aryl methyl sites for hydroxylation is 1. The second-order valence-corrected chi connectivity index (χ2v) is 6.06. The lowest BCUT2D eigenvalue weighted by Gasteiger charge is -2.15.